The number of hydrogen-bond donors (Lipinski definition) is 3. The minimum Gasteiger partial charge on any atom is -0.379 e. The highest BCUT2D eigenvalue weighted by Gasteiger charge is 2.27. The molecule has 0 bridgehead atoms. The van der Waals surface area contributed by atoms with Gasteiger partial charge in [0, 0.05) is 24.5 Å². The fourth-order valence-electron chi connectivity index (χ4n) is 3.48. The number of hydrogen-bond acceptors (Lipinski definition) is 5. The first-order valence-electron chi connectivity index (χ1n) is 11.0. The van der Waals surface area contributed by atoms with Crippen LogP contribution in [0.15, 0.2) is 42.5 Å². The predicted octanol–water partition coefficient (Wildman–Crippen LogP) is 2.63. The van der Waals surface area contributed by atoms with Gasteiger partial charge in [0.05, 0.1) is 19.8 Å². The molecule has 8 nitrogen and oxygen atoms in total. The first-order valence-corrected chi connectivity index (χ1v) is 11.0. The van der Waals surface area contributed by atoms with Crippen molar-refractivity contribution in [2.75, 3.05) is 43.5 Å². The summed E-state index contributed by atoms with van der Waals surface area (Å²) >= 11 is 0. The molecule has 2 aromatic carbocycles. The van der Waals surface area contributed by atoms with Crippen molar-refractivity contribution in [3.05, 3.63) is 59.7 Å². The molecule has 1 atom stereocenters. The monoisotopic (exact) mass is 474 g/mol. The van der Waals surface area contributed by atoms with Gasteiger partial charge < -0.3 is 20.7 Å². The molecule has 10 heteroatoms. The zero-order chi connectivity index (χ0) is 24.7. The normalized spacial score (nSPS) is 15.0. The average Bonchev–Trinajstić information content (AvgIpc) is 2.79. The molecule has 1 saturated heterocycles. The smallest absolute Gasteiger partial charge is 0.257 e. The molecule has 3 amide bonds. The van der Waals surface area contributed by atoms with Crippen LogP contribution in [0.5, 0.6) is 0 Å². The summed E-state index contributed by atoms with van der Waals surface area (Å²) < 4.78 is 33.1. The second-order valence-corrected chi connectivity index (χ2v) is 8.30. The Morgan fingerprint density at radius 2 is 1.50 bits per heavy atom. The third-order valence-corrected chi connectivity index (χ3v) is 5.33. The molecular formula is C24H28F2N4O4. The van der Waals surface area contributed by atoms with E-state index in [1.165, 1.54) is 0 Å². The maximum Gasteiger partial charge on any atom is 0.257 e. The molecule has 3 N–H and O–H groups in total. The molecule has 34 heavy (non-hydrogen) atoms. The number of amides is 3. The first-order chi connectivity index (χ1) is 16.2. The number of nitrogens with one attached hydrogen (secondary N) is 3. The number of nitrogens with zero attached hydrogens (tertiary/aromatic N) is 1. The molecule has 1 aliphatic heterocycles. The second-order valence-electron chi connectivity index (χ2n) is 8.30. The van der Waals surface area contributed by atoms with Crippen LogP contribution in [0.4, 0.5) is 20.2 Å². The molecule has 1 fully saturated rings. The van der Waals surface area contributed by atoms with Gasteiger partial charge in [0.1, 0.15) is 23.2 Å². The highest BCUT2D eigenvalue weighted by Crippen LogP contribution is 2.17. The van der Waals surface area contributed by atoms with Crippen molar-refractivity contribution in [1.29, 1.82) is 0 Å². The third-order valence-electron chi connectivity index (χ3n) is 5.33. The summed E-state index contributed by atoms with van der Waals surface area (Å²) in [5, 5.41) is 7.89. The average molecular weight is 475 g/mol. The Balaban J connectivity index is 1.58. The largest absolute Gasteiger partial charge is 0.379 e. The molecule has 0 radical (unpaired) electrons. The minimum atomic E-state index is -1.03. The third kappa shape index (κ3) is 6.82. The molecule has 182 valence electrons. The number of carbonyl (C=O) groups excluding carboxylic acids is 3. The summed E-state index contributed by atoms with van der Waals surface area (Å²) in [4.78, 5) is 39.4. The van der Waals surface area contributed by atoms with Crippen LogP contribution >= 0.6 is 0 Å². The zero-order valence-corrected chi connectivity index (χ0v) is 19.1. The van der Waals surface area contributed by atoms with Crippen molar-refractivity contribution in [1.82, 2.24) is 10.2 Å². The van der Waals surface area contributed by atoms with Crippen molar-refractivity contribution in [3.63, 3.8) is 0 Å². The Morgan fingerprint density at radius 1 is 0.941 bits per heavy atom. The molecule has 1 aliphatic rings. The second kappa shape index (κ2) is 11.7. The van der Waals surface area contributed by atoms with Gasteiger partial charge in [0.2, 0.25) is 11.8 Å². The lowest BCUT2D eigenvalue weighted by Crippen LogP contribution is -2.47. The van der Waals surface area contributed by atoms with Gasteiger partial charge >= 0.3 is 0 Å². The molecule has 0 aliphatic carbocycles. The van der Waals surface area contributed by atoms with Gasteiger partial charge in [-0.25, -0.2) is 8.78 Å². The summed E-state index contributed by atoms with van der Waals surface area (Å²) in [6, 6.07) is 8.58. The lowest BCUT2D eigenvalue weighted by atomic mass is 10.0. The van der Waals surface area contributed by atoms with E-state index in [0.29, 0.717) is 37.7 Å². The van der Waals surface area contributed by atoms with Crippen LogP contribution in [-0.4, -0.2) is 61.5 Å². The number of benzene rings is 2. The first kappa shape index (κ1) is 25.3. The number of carbonyl (C=O) groups is 3. The minimum absolute atomic E-state index is 0.151. The van der Waals surface area contributed by atoms with Gasteiger partial charge in [-0.1, -0.05) is 19.9 Å². The highest BCUT2D eigenvalue weighted by atomic mass is 19.1. The molecule has 0 aromatic heterocycles. The maximum atomic E-state index is 13.9. The molecule has 2 aromatic rings. The lowest BCUT2D eigenvalue weighted by Gasteiger charge is -2.25. The Kier molecular flexibility index (Phi) is 8.67. The summed E-state index contributed by atoms with van der Waals surface area (Å²) in [6.07, 6.45) is 0. The van der Waals surface area contributed by atoms with E-state index in [2.05, 4.69) is 16.0 Å². The van der Waals surface area contributed by atoms with Crippen molar-refractivity contribution < 1.29 is 27.9 Å². The maximum absolute atomic E-state index is 13.9. The molecule has 0 spiro atoms. The van der Waals surface area contributed by atoms with Crippen LogP contribution in [-0.2, 0) is 14.3 Å². The Bertz CT molecular complexity index is 1000. The van der Waals surface area contributed by atoms with Crippen LogP contribution in [0, 0.1) is 17.6 Å². The van der Waals surface area contributed by atoms with Gasteiger partial charge in [-0.15, -0.1) is 0 Å². The fourth-order valence-corrected chi connectivity index (χ4v) is 3.48. The van der Waals surface area contributed by atoms with Gasteiger partial charge in [-0.3, -0.25) is 19.3 Å². The number of halogens is 2. The van der Waals surface area contributed by atoms with Crippen LogP contribution in [0.2, 0.25) is 0 Å². The molecule has 3 rings (SSSR count). The van der Waals surface area contributed by atoms with E-state index in [9.17, 15) is 23.2 Å². The molecule has 0 unspecified atom stereocenters. The summed E-state index contributed by atoms with van der Waals surface area (Å²) in [5.74, 6) is -4.07. The van der Waals surface area contributed by atoms with E-state index in [1.54, 1.807) is 38.1 Å². The lowest BCUT2D eigenvalue weighted by molar-refractivity contribution is -0.119. The van der Waals surface area contributed by atoms with Gasteiger partial charge in [0.15, 0.2) is 0 Å². The van der Waals surface area contributed by atoms with Crippen molar-refractivity contribution >= 4 is 29.1 Å². The zero-order valence-electron chi connectivity index (χ0n) is 19.1. The topological polar surface area (TPSA) is 99.8 Å². The Hall–Kier alpha value is -3.37. The summed E-state index contributed by atoms with van der Waals surface area (Å²) in [6.45, 7) is 6.29. The Morgan fingerprint density at radius 3 is 2.06 bits per heavy atom. The van der Waals surface area contributed by atoms with Crippen molar-refractivity contribution in [2.24, 2.45) is 5.92 Å². The van der Waals surface area contributed by atoms with E-state index in [1.807, 2.05) is 4.90 Å². The molecule has 0 saturated carbocycles. The standard InChI is InChI=1S/C24H28F2N4O4/c1-15(2)22(29-23(32)21-18(25)4-3-5-19(21)26)24(33)28-17-8-6-16(7-9-17)27-20(31)14-30-10-12-34-13-11-30/h3-9,15,22H,10-14H2,1-2H3,(H,27,31)(H,28,33)(H,29,32)/t22-/m0/s1. The van der Waals surface area contributed by atoms with Gasteiger partial charge in [-0.2, -0.15) is 0 Å². The van der Waals surface area contributed by atoms with E-state index in [-0.39, 0.29) is 18.4 Å². The van der Waals surface area contributed by atoms with E-state index >= 15 is 0 Å². The van der Waals surface area contributed by atoms with Gasteiger partial charge in [0.25, 0.3) is 5.91 Å². The van der Waals surface area contributed by atoms with Crippen LogP contribution in [0.3, 0.4) is 0 Å². The van der Waals surface area contributed by atoms with E-state index in [0.717, 1.165) is 18.2 Å². The number of morpholine rings is 1. The molecular weight excluding hydrogens is 446 g/mol. The number of rotatable bonds is 8. The summed E-state index contributed by atoms with van der Waals surface area (Å²) in [5.41, 5.74) is 0.270. The van der Waals surface area contributed by atoms with Crippen molar-refractivity contribution in [2.45, 2.75) is 19.9 Å². The summed E-state index contributed by atoms with van der Waals surface area (Å²) in [7, 11) is 0. The van der Waals surface area contributed by atoms with Crippen molar-refractivity contribution in [3.8, 4) is 0 Å². The predicted molar refractivity (Wildman–Crippen MR) is 123 cm³/mol. The SMILES string of the molecule is CC(C)[C@H](NC(=O)c1c(F)cccc1F)C(=O)Nc1ccc(NC(=O)CN2CCOCC2)cc1. The van der Waals surface area contributed by atoms with Crippen LogP contribution in [0.1, 0.15) is 24.2 Å². The molecule has 1 heterocycles. The van der Waals surface area contributed by atoms with E-state index < -0.39 is 35.1 Å². The quantitative estimate of drug-likeness (QED) is 0.546. The highest BCUT2D eigenvalue weighted by molar-refractivity contribution is 6.01. The number of ether oxygens (including phenoxy) is 1. The Labute approximate surface area is 196 Å². The van der Waals surface area contributed by atoms with E-state index in [4.69, 9.17) is 4.74 Å². The van der Waals surface area contributed by atoms with Crippen LogP contribution < -0.4 is 16.0 Å². The number of anilines is 2. The van der Waals surface area contributed by atoms with Gasteiger partial charge in [-0.05, 0) is 42.3 Å². The fraction of sp³-hybridized carbons (Fsp3) is 0.375. The van der Waals surface area contributed by atoms with Crippen LogP contribution in [0.25, 0.3) is 0 Å².